The average molecular weight is 402 g/mol. The third kappa shape index (κ3) is 5.12. The van der Waals surface area contributed by atoms with Gasteiger partial charge in [0.05, 0.1) is 18.4 Å². The number of aliphatic carboxylic acids is 1. The number of nitrogens with zero attached hydrogens (tertiary/aromatic N) is 2. The van der Waals surface area contributed by atoms with Gasteiger partial charge in [0.15, 0.2) is 0 Å². The molecule has 1 aliphatic carbocycles. The molecule has 0 radical (unpaired) electrons. The summed E-state index contributed by atoms with van der Waals surface area (Å²) in [6, 6.07) is 3.78. The van der Waals surface area contributed by atoms with Crippen molar-refractivity contribution in [3.63, 3.8) is 0 Å². The standard InChI is InChI=1S/C16H20N2O3.C2HF3O2/c19-15(12-3-4-12)18-7-5-16(11-18)8-14(10-20-16)21-13-2-1-6-17-9-13;3-2(4,5)1(6)7/h1-2,6,9,12,14H,3-5,7-8,10-11H2;(H,6,7). The van der Waals surface area contributed by atoms with E-state index in [-0.39, 0.29) is 11.7 Å². The van der Waals surface area contributed by atoms with Gasteiger partial charge < -0.3 is 19.5 Å². The number of amides is 1. The normalized spacial score (nSPS) is 26.7. The molecule has 0 aromatic carbocycles. The molecule has 0 bridgehead atoms. The lowest BCUT2D eigenvalue weighted by Crippen LogP contribution is -2.36. The van der Waals surface area contributed by atoms with Gasteiger partial charge in [0, 0.05) is 31.6 Å². The molecule has 154 valence electrons. The molecule has 28 heavy (non-hydrogen) atoms. The predicted molar refractivity (Wildman–Crippen MR) is 89.6 cm³/mol. The first-order valence-corrected chi connectivity index (χ1v) is 8.98. The second-order valence-electron chi connectivity index (χ2n) is 7.21. The number of halogens is 3. The van der Waals surface area contributed by atoms with Gasteiger partial charge in [-0.3, -0.25) is 9.78 Å². The number of likely N-dealkylation sites (tertiary alicyclic amines) is 1. The first kappa shape index (κ1) is 20.4. The van der Waals surface area contributed by atoms with Crippen LogP contribution in [-0.4, -0.2) is 64.4 Å². The maximum absolute atomic E-state index is 12.2. The number of carbonyl (C=O) groups is 2. The molecule has 2 aliphatic heterocycles. The second-order valence-corrected chi connectivity index (χ2v) is 7.21. The maximum atomic E-state index is 12.2. The van der Waals surface area contributed by atoms with Crippen LogP contribution in [0.1, 0.15) is 25.7 Å². The Morgan fingerprint density at radius 2 is 2.07 bits per heavy atom. The smallest absolute Gasteiger partial charge is 0.486 e. The number of hydrogen-bond acceptors (Lipinski definition) is 5. The first-order chi connectivity index (χ1) is 13.2. The molecule has 2 unspecified atom stereocenters. The fourth-order valence-electron chi connectivity index (χ4n) is 3.39. The molecule has 1 amide bonds. The fourth-order valence-corrected chi connectivity index (χ4v) is 3.39. The summed E-state index contributed by atoms with van der Waals surface area (Å²) in [5.74, 6) is -1.35. The van der Waals surface area contributed by atoms with Crippen molar-refractivity contribution in [3.05, 3.63) is 24.5 Å². The lowest BCUT2D eigenvalue weighted by atomic mass is 9.98. The van der Waals surface area contributed by atoms with E-state index in [9.17, 15) is 18.0 Å². The molecule has 1 aromatic rings. The van der Waals surface area contributed by atoms with Gasteiger partial charge in [-0.25, -0.2) is 4.79 Å². The van der Waals surface area contributed by atoms with Crippen molar-refractivity contribution in [2.75, 3.05) is 19.7 Å². The summed E-state index contributed by atoms with van der Waals surface area (Å²) < 4.78 is 43.7. The van der Waals surface area contributed by atoms with Crippen molar-refractivity contribution in [1.29, 1.82) is 0 Å². The molecule has 3 fully saturated rings. The van der Waals surface area contributed by atoms with Gasteiger partial charge >= 0.3 is 12.1 Å². The number of aromatic nitrogens is 1. The van der Waals surface area contributed by atoms with Crippen molar-refractivity contribution < 1.29 is 37.3 Å². The van der Waals surface area contributed by atoms with Gasteiger partial charge in [-0.1, -0.05) is 0 Å². The van der Waals surface area contributed by atoms with Crippen molar-refractivity contribution in [1.82, 2.24) is 9.88 Å². The minimum Gasteiger partial charge on any atom is -0.486 e. The Morgan fingerprint density at radius 1 is 1.36 bits per heavy atom. The van der Waals surface area contributed by atoms with Gasteiger partial charge in [-0.2, -0.15) is 13.2 Å². The van der Waals surface area contributed by atoms with Crippen LogP contribution in [0.3, 0.4) is 0 Å². The van der Waals surface area contributed by atoms with Crippen LogP contribution in [0.4, 0.5) is 13.2 Å². The number of carboxylic acid groups (broad SMARTS) is 1. The van der Waals surface area contributed by atoms with Crippen LogP contribution in [-0.2, 0) is 14.3 Å². The summed E-state index contributed by atoms with van der Waals surface area (Å²) in [5, 5.41) is 7.12. The van der Waals surface area contributed by atoms with Crippen LogP contribution >= 0.6 is 0 Å². The quantitative estimate of drug-likeness (QED) is 0.835. The van der Waals surface area contributed by atoms with Gasteiger partial charge in [0.1, 0.15) is 11.9 Å². The van der Waals surface area contributed by atoms with E-state index in [0.717, 1.165) is 44.5 Å². The molecule has 1 saturated carbocycles. The van der Waals surface area contributed by atoms with Crippen molar-refractivity contribution >= 4 is 11.9 Å². The summed E-state index contributed by atoms with van der Waals surface area (Å²) in [4.78, 5) is 27.1. The van der Waals surface area contributed by atoms with Crippen LogP contribution in [0.15, 0.2) is 24.5 Å². The second kappa shape index (κ2) is 7.94. The van der Waals surface area contributed by atoms with Crippen LogP contribution in [0.2, 0.25) is 0 Å². The predicted octanol–water partition coefficient (Wildman–Crippen LogP) is 2.26. The molecule has 2 saturated heterocycles. The maximum Gasteiger partial charge on any atom is 0.490 e. The van der Waals surface area contributed by atoms with E-state index in [4.69, 9.17) is 19.4 Å². The molecule has 1 N–H and O–H groups in total. The summed E-state index contributed by atoms with van der Waals surface area (Å²) in [6.07, 6.45) is 2.35. The van der Waals surface area contributed by atoms with E-state index >= 15 is 0 Å². The molecule has 1 spiro atoms. The topological polar surface area (TPSA) is 89.0 Å². The highest BCUT2D eigenvalue weighted by atomic mass is 19.4. The molecule has 4 rings (SSSR count). The number of pyridine rings is 1. The molecule has 7 nitrogen and oxygen atoms in total. The number of carbonyl (C=O) groups excluding carboxylic acids is 1. The minimum atomic E-state index is -5.08. The molecular weight excluding hydrogens is 381 g/mol. The minimum absolute atomic E-state index is 0.0603. The Hall–Kier alpha value is -2.36. The van der Waals surface area contributed by atoms with E-state index in [2.05, 4.69) is 4.98 Å². The third-order valence-corrected chi connectivity index (χ3v) is 4.91. The highest BCUT2D eigenvalue weighted by molar-refractivity contribution is 5.81. The Bertz CT molecular complexity index is 711. The van der Waals surface area contributed by atoms with E-state index in [1.54, 1.807) is 12.4 Å². The Balaban J connectivity index is 0.000000279. The number of carboxylic acids is 1. The molecular formula is C18H21F3N2O5. The van der Waals surface area contributed by atoms with Crippen LogP contribution < -0.4 is 4.74 Å². The van der Waals surface area contributed by atoms with Crippen LogP contribution in [0, 0.1) is 5.92 Å². The fraction of sp³-hybridized carbons (Fsp3) is 0.611. The Kier molecular flexibility index (Phi) is 5.78. The number of hydrogen-bond donors (Lipinski definition) is 1. The Morgan fingerprint density at radius 3 is 2.64 bits per heavy atom. The zero-order valence-corrected chi connectivity index (χ0v) is 15.0. The highest BCUT2D eigenvalue weighted by Crippen LogP contribution is 2.39. The average Bonchev–Trinajstić information content (AvgIpc) is 3.31. The van der Waals surface area contributed by atoms with Crippen molar-refractivity contribution in [2.24, 2.45) is 5.92 Å². The molecule has 2 atom stereocenters. The van der Waals surface area contributed by atoms with E-state index in [1.165, 1.54) is 0 Å². The van der Waals surface area contributed by atoms with E-state index in [1.807, 2.05) is 17.0 Å². The zero-order chi connectivity index (χ0) is 20.4. The Labute approximate surface area is 159 Å². The molecule has 3 aliphatic rings. The van der Waals surface area contributed by atoms with Gasteiger partial charge in [-0.15, -0.1) is 0 Å². The molecule has 1 aromatic heterocycles. The SMILES string of the molecule is O=C(C1CC1)N1CCC2(CC(Oc3cccnc3)CO2)C1.O=C(O)C(F)(F)F. The number of ether oxygens (including phenoxy) is 2. The van der Waals surface area contributed by atoms with Gasteiger partial charge in [0.25, 0.3) is 0 Å². The highest BCUT2D eigenvalue weighted by Gasteiger charge is 2.49. The summed E-state index contributed by atoms with van der Waals surface area (Å²) in [7, 11) is 0. The van der Waals surface area contributed by atoms with E-state index < -0.39 is 12.1 Å². The third-order valence-electron chi connectivity index (χ3n) is 4.91. The van der Waals surface area contributed by atoms with Crippen molar-refractivity contribution in [2.45, 2.75) is 43.6 Å². The number of alkyl halides is 3. The van der Waals surface area contributed by atoms with Gasteiger partial charge in [-0.05, 0) is 31.4 Å². The summed E-state index contributed by atoms with van der Waals surface area (Å²) in [6.45, 7) is 2.16. The van der Waals surface area contributed by atoms with E-state index in [0.29, 0.717) is 18.4 Å². The zero-order valence-electron chi connectivity index (χ0n) is 15.0. The monoisotopic (exact) mass is 402 g/mol. The lowest BCUT2D eigenvalue weighted by molar-refractivity contribution is -0.192. The number of rotatable bonds is 3. The van der Waals surface area contributed by atoms with Crippen molar-refractivity contribution in [3.8, 4) is 5.75 Å². The van der Waals surface area contributed by atoms with Crippen LogP contribution in [0.25, 0.3) is 0 Å². The lowest BCUT2D eigenvalue weighted by Gasteiger charge is -2.23. The largest absolute Gasteiger partial charge is 0.490 e. The molecule has 3 heterocycles. The summed E-state index contributed by atoms with van der Waals surface area (Å²) >= 11 is 0. The molecule has 10 heteroatoms. The summed E-state index contributed by atoms with van der Waals surface area (Å²) in [5.41, 5.74) is -0.183. The van der Waals surface area contributed by atoms with Gasteiger partial charge in [0.2, 0.25) is 5.91 Å². The first-order valence-electron chi connectivity index (χ1n) is 8.98. The van der Waals surface area contributed by atoms with Crippen LogP contribution in [0.5, 0.6) is 5.75 Å².